The van der Waals surface area contributed by atoms with Crippen LogP contribution in [0.4, 0.5) is 0 Å². The van der Waals surface area contributed by atoms with Gasteiger partial charge in [0.25, 0.3) is 11.0 Å². The van der Waals surface area contributed by atoms with Gasteiger partial charge in [-0.25, -0.2) is 8.42 Å². The second-order valence-electron chi connectivity index (χ2n) is 2.32. The summed E-state index contributed by atoms with van der Waals surface area (Å²) in [6, 6.07) is 0. The average Bonchev–Trinajstić information content (AvgIpc) is 2.10. The molecule has 0 fully saturated rings. The number of ether oxygens (including phenoxy) is 1. The Hall–Kier alpha value is -0.210. The lowest BCUT2D eigenvalue weighted by molar-refractivity contribution is 0.00377. The van der Waals surface area contributed by atoms with Crippen molar-refractivity contribution in [1.29, 1.82) is 0 Å². The lowest BCUT2D eigenvalue weighted by atomic mass is 10.4. The zero-order valence-corrected chi connectivity index (χ0v) is 7.98. The van der Waals surface area contributed by atoms with E-state index in [1.54, 1.807) is 0 Å². The van der Waals surface area contributed by atoms with Gasteiger partial charge < -0.3 is 14.9 Å². The van der Waals surface area contributed by atoms with Gasteiger partial charge in [-0.2, -0.15) is 0 Å². The van der Waals surface area contributed by atoms with E-state index in [4.69, 9.17) is 14.9 Å². The molecule has 0 heterocycles. The molecule has 1 unspecified atom stereocenters. The molecule has 0 aromatic carbocycles. The van der Waals surface area contributed by atoms with Crippen LogP contribution >= 0.6 is 0 Å². The summed E-state index contributed by atoms with van der Waals surface area (Å²) in [7, 11) is -2.78. The number of aliphatic hydroxyl groups is 2. The van der Waals surface area contributed by atoms with Crippen molar-refractivity contribution < 1.29 is 27.6 Å². The second kappa shape index (κ2) is 8.39. The maximum absolute atomic E-state index is 9.89. The summed E-state index contributed by atoms with van der Waals surface area (Å²) in [6.45, 7) is 0.0666. The highest BCUT2D eigenvalue weighted by Gasteiger charge is 2.00. The van der Waals surface area contributed by atoms with Crippen molar-refractivity contribution in [3.8, 4) is 0 Å². The Morgan fingerprint density at radius 1 is 1.31 bits per heavy atom. The highest BCUT2D eigenvalue weighted by atomic mass is 32.2. The third-order valence-electron chi connectivity index (χ3n) is 1.15. The molecule has 6 nitrogen and oxygen atoms in total. The molecule has 7 heteroatoms. The van der Waals surface area contributed by atoms with E-state index in [9.17, 15) is 8.42 Å². The minimum atomic E-state index is -2.78. The molecule has 0 aliphatic rings. The minimum Gasteiger partial charge on any atom is -0.394 e. The fraction of sp³-hybridized carbons (Fsp3) is 1.00. The van der Waals surface area contributed by atoms with E-state index in [1.807, 2.05) is 0 Å². The summed E-state index contributed by atoms with van der Waals surface area (Å²) in [5, 5.41) is 17.2. The van der Waals surface area contributed by atoms with Gasteiger partial charge in [0.05, 0.1) is 19.8 Å². The maximum atomic E-state index is 9.89. The SMILES string of the molecule is O=[SH](=O)OCCCOCC(O)CO. The van der Waals surface area contributed by atoms with Crippen molar-refractivity contribution in [2.75, 3.05) is 26.4 Å². The van der Waals surface area contributed by atoms with E-state index in [0.29, 0.717) is 13.0 Å². The predicted molar refractivity (Wildman–Crippen MR) is 44.8 cm³/mol. The summed E-state index contributed by atoms with van der Waals surface area (Å²) < 4.78 is 28.9. The summed E-state index contributed by atoms with van der Waals surface area (Å²) in [5.41, 5.74) is 0. The molecule has 1 atom stereocenters. The molecule has 0 rings (SSSR count). The molecule has 0 aromatic heterocycles. The molecule has 0 radical (unpaired) electrons. The van der Waals surface area contributed by atoms with Crippen LogP contribution in [-0.4, -0.2) is 51.2 Å². The first-order chi connectivity index (χ1) is 6.16. The van der Waals surface area contributed by atoms with Crippen molar-refractivity contribution in [3.63, 3.8) is 0 Å². The number of hydrogen-bond donors (Lipinski definition) is 3. The summed E-state index contributed by atoms with van der Waals surface area (Å²) in [5.74, 6) is 0. The number of hydrogen-bond acceptors (Lipinski definition) is 6. The summed E-state index contributed by atoms with van der Waals surface area (Å²) >= 11 is 0. The molecule has 0 amide bonds. The van der Waals surface area contributed by atoms with E-state index in [-0.39, 0.29) is 19.8 Å². The Kier molecular flexibility index (Phi) is 8.26. The van der Waals surface area contributed by atoms with E-state index in [1.165, 1.54) is 0 Å². The third-order valence-corrected chi connectivity index (χ3v) is 1.54. The predicted octanol–water partition coefficient (Wildman–Crippen LogP) is -1.71. The molecule has 2 N–H and O–H groups in total. The molecule has 0 aromatic rings. The zero-order chi connectivity index (χ0) is 10.1. The number of aliphatic hydroxyl groups excluding tert-OH is 2. The molecule has 0 saturated heterocycles. The molecule has 0 saturated carbocycles. The monoisotopic (exact) mass is 214 g/mol. The summed E-state index contributed by atoms with van der Waals surface area (Å²) in [6.07, 6.45) is -0.446. The van der Waals surface area contributed by atoms with Crippen LogP contribution in [0.5, 0.6) is 0 Å². The summed E-state index contributed by atoms with van der Waals surface area (Å²) in [4.78, 5) is 0. The zero-order valence-electron chi connectivity index (χ0n) is 7.09. The molecule has 0 bridgehead atoms. The molecule has 0 aliphatic carbocycles. The van der Waals surface area contributed by atoms with Gasteiger partial charge in [-0.1, -0.05) is 0 Å². The number of rotatable bonds is 8. The average molecular weight is 214 g/mol. The quantitative estimate of drug-likeness (QED) is 0.329. The molecular formula is C6H14O6S. The van der Waals surface area contributed by atoms with E-state index < -0.39 is 17.1 Å². The Morgan fingerprint density at radius 2 is 2.00 bits per heavy atom. The maximum Gasteiger partial charge on any atom is 0.257 e. The molecule has 13 heavy (non-hydrogen) atoms. The largest absolute Gasteiger partial charge is 0.394 e. The van der Waals surface area contributed by atoms with Gasteiger partial charge in [-0.15, -0.1) is 0 Å². The smallest absolute Gasteiger partial charge is 0.257 e. The fourth-order valence-corrected chi connectivity index (χ4v) is 0.850. The Bertz CT molecular complexity index is 172. The van der Waals surface area contributed by atoms with Gasteiger partial charge in [0.15, 0.2) is 0 Å². The van der Waals surface area contributed by atoms with Gasteiger partial charge >= 0.3 is 0 Å². The van der Waals surface area contributed by atoms with Crippen LogP contribution in [0.15, 0.2) is 0 Å². The molecule has 80 valence electrons. The minimum absolute atomic E-state index is 0.0417. The van der Waals surface area contributed by atoms with Crippen LogP contribution in [0.1, 0.15) is 6.42 Å². The van der Waals surface area contributed by atoms with Crippen molar-refractivity contribution in [2.45, 2.75) is 12.5 Å². The molecule has 0 spiro atoms. The van der Waals surface area contributed by atoms with Crippen LogP contribution in [0.2, 0.25) is 0 Å². The Balaban J connectivity index is 3.08. The lowest BCUT2D eigenvalue weighted by Gasteiger charge is -2.07. The fourth-order valence-electron chi connectivity index (χ4n) is 0.572. The van der Waals surface area contributed by atoms with Crippen LogP contribution < -0.4 is 0 Å². The normalized spacial score (nSPS) is 13.5. The second-order valence-corrected chi connectivity index (χ2v) is 3.03. The topological polar surface area (TPSA) is 93.1 Å². The van der Waals surface area contributed by atoms with E-state index in [2.05, 4.69) is 4.18 Å². The first-order valence-electron chi connectivity index (χ1n) is 3.80. The van der Waals surface area contributed by atoms with Crippen LogP contribution in [0.3, 0.4) is 0 Å². The van der Waals surface area contributed by atoms with Gasteiger partial charge in [0.1, 0.15) is 6.10 Å². The van der Waals surface area contributed by atoms with E-state index in [0.717, 1.165) is 0 Å². The Labute approximate surface area is 78.2 Å². The van der Waals surface area contributed by atoms with Crippen molar-refractivity contribution in [1.82, 2.24) is 0 Å². The van der Waals surface area contributed by atoms with Gasteiger partial charge in [0.2, 0.25) is 0 Å². The van der Waals surface area contributed by atoms with Gasteiger partial charge in [-0.3, -0.25) is 4.18 Å². The van der Waals surface area contributed by atoms with Crippen molar-refractivity contribution in [3.05, 3.63) is 0 Å². The Morgan fingerprint density at radius 3 is 2.54 bits per heavy atom. The first-order valence-corrected chi connectivity index (χ1v) is 4.90. The third kappa shape index (κ3) is 9.71. The van der Waals surface area contributed by atoms with E-state index >= 15 is 0 Å². The first kappa shape index (κ1) is 12.8. The molecule has 0 aliphatic heterocycles. The van der Waals surface area contributed by atoms with Crippen LogP contribution in [0.25, 0.3) is 0 Å². The highest BCUT2D eigenvalue weighted by Crippen LogP contribution is 1.88. The number of thiol groups is 1. The van der Waals surface area contributed by atoms with Crippen LogP contribution in [-0.2, 0) is 19.9 Å². The van der Waals surface area contributed by atoms with Gasteiger partial charge in [-0.05, 0) is 6.42 Å². The molecular weight excluding hydrogens is 200 g/mol. The van der Waals surface area contributed by atoms with Crippen LogP contribution in [0, 0.1) is 0 Å². The van der Waals surface area contributed by atoms with Gasteiger partial charge in [0, 0.05) is 6.61 Å². The lowest BCUT2D eigenvalue weighted by Crippen LogP contribution is -2.19. The standard InChI is InChI=1S/C6H14O6S/c7-4-6(8)5-11-2-1-3-12-13(9)10/h6-8,13H,1-5H2. The highest BCUT2D eigenvalue weighted by molar-refractivity contribution is 7.67. The van der Waals surface area contributed by atoms with Crippen molar-refractivity contribution in [2.24, 2.45) is 0 Å². The van der Waals surface area contributed by atoms with Crippen molar-refractivity contribution >= 4 is 11.0 Å².